The second kappa shape index (κ2) is 6.73. The Hall–Kier alpha value is -1.10. The van der Waals surface area contributed by atoms with Crippen molar-refractivity contribution in [3.63, 3.8) is 0 Å². The van der Waals surface area contributed by atoms with Gasteiger partial charge < -0.3 is 11.1 Å². The van der Waals surface area contributed by atoms with Crippen LogP contribution in [0.5, 0.6) is 0 Å². The number of aryl methyl sites for hydroxylation is 1. The highest BCUT2D eigenvalue weighted by atomic mass is 32.1. The SMILES string of the molecule is Cc1csc(CN=C(N)NC2CCCCCC2)n1. The average molecular weight is 266 g/mol. The minimum Gasteiger partial charge on any atom is -0.370 e. The van der Waals surface area contributed by atoms with Gasteiger partial charge in [0.15, 0.2) is 5.96 Å². The fourth-order valence-electron chi connectivity index (χ4n) is 2.31. The minimum absolute atomic E-state index is 0.509. The summed E-state index contributed by atoms with van der Waals surface area (Å²) in [7, 11) is 0. The van der Waals surface area contributed by atoms with Crippen LogP contribution in [0.2, 0.25) is 0 Å². The first kappa shape index (κ1) is 13.3. The van der Waals surface area contributed by atoms with Crippen LogP contribution in [0.3, 0.4) is 0 Å². The smallest absolute Gasteiger partial charge is 0.189 e. The largest absolute Gasteiger partial charge is 0.370 e. The summed E-state index contributed by atoms with van der Waals surface area (Å²) in [6, 6.07) is 0.509. The van der Waals surface area contributed by atoms with Crippen molar-refractivity contribution in [1.82, 2.24) is 10.3 Å². The zero-order valence-electron chi connectivity index (χ0n) is 11.0. The Balaban J connectivity index is 1.80. The summed E-state index contributed by atoms with van der Waals surface area (Å²) < 4.78 is 0. The molecule has 0 aromatic carbocycles. The Morgan fingerprint density at radius 2 is 2.17 bits per heavy atom. The summed E-state index contributed by atoms with van der Waals surface area (Å²) in [6.07, 6.45) is 7.74. The maximum Gasteiger partial charge on any atom is 0.189 e. The summed E-state index contributed by atoms with van der Waals surface area (Å²) in [6.45, 7) is 2.58. The lowest BCUT2D eigenvalue weighted by Gasteiger charge is -2.16. The quantitative estimate of drug-likeness (QED) is 0.502. The van der Waals surface area contributed by atoms with Gasteiger partial charge in [0.25, 0.3) is 0 Å². The van der Waals surface area contributed by atoms with Crippen LogP contribution in [-0.2, 0) is 6.54 Å². The van der Waals surface area contributed by atoms with Crippen molar-refractivity contribution in [1.29, 1.82) is 0 Å². The number of hydrogen-bond donors (Lipinski definition) is 2. The first-order valence-corrected chi connectivity index (χ1v) is 7.59. The first-order chi connectivity index (χ1) is 8.74. The standard InChI is InChI=1S/C13H22N4S/c1-10-9-18-12(16-10)8-15-13(14)17-11-6-4-2-3-5-7-11/h9,11H,2-8H2,1H3,(H3,14,15,17). The van der Waals surface area contributed by atoms with Crippen LogP contribution in [0.15, 0.2) is 10.4 Å². The third-order valence-corrected chi connectivity index (χ3v) is 4.21. The number of guanidine groups is 1. The first-order valence-electron chi connectivity index (χ1n) is 6.71. The van der Waals surface area contributed by atoms with Crippen molar-refractivity contribution in [3.8, 4) is 0 Å². The molecule has 0 bridgehead atoms. The van der Waals surface area contributed by atoms with E-state index in [-0.39, 0.29) is 0 Å². The topological polar surface area (TPSA) is 63.3 Å². The normalized spacial score (nSPS) is 18.6. The van der Waals surface area contributed by atoms with E-state index in [0.29, 0.717) is 18.5 Å². The van der Waals surface area contributed by atoms with E-state index in [9.17, 15) is 0 Å². The van der Waals surface area contributed by atoms with Crippen LogP contribution in [0.25, 0.3) is 0 Å². The number of rotatable bonds is 3. The molecule has 1 aliphatic rings. The van der Waals surface area contributed by atoms with Gasteiger partial charge in [-0.1, -0.05) is 25.7 Å². The molecule has 0 amide bonds. The van der Waals surface area contributed by atoms with Gasteiger partial charge in [0.05, 0.1) is 6.54 Å². The lowest BCUT2D eigenvalue weighted by Crippen LogP contribution is -2.39. The molecule has 0 unspecified atom stereocenters. The second-order valence-electron chi connectivity index (χ2n) is 4.92. The second-order valence-corrected chi connectivity index (χ2v) is 5.86. The fraction of sp³-hybridized carbons (Fsp3) is 0.692. The molecule has 0 atom stereocenters. The molecule has 1 heterocycles. The molecule has 1 fully saturated rings. The Kier molecular flexibility index (Phi) is 4.99. The van der Waals surface area contributed by atoms with Crippen molar-refractivity contribution >= 4 is 17.3 Å². The van der Waals surface area contributed by atoms with Gasteiger partial charge in [-0.3, -0.25) is 0 Å². The summed E-state index contributed by atoms with van der Waals surface area (Å²) in [5.74, 6) is 0.565. The number of thiazole rings is 1. The third kappa shape index (κ3) is 4.29. The van der Waals surface area contributed by atoms with Gasteiger partial charge in [-0.2, -0.15) is 0 Å². The maximum atomic E-state index is 5.93. The molecule has 0 aliphatic heterocycles. The van der Waals surface area contributed by atoms with Crippen LogP contribution in [0.1, 0.15) is 49.2 Å². The number of aliphatic imine (C=N–C) groups is 1. The summed E-state index contributed by atoms with van der Waals surface area (Å²) in [5, 5.41) is 6.41. The van der Waals surface area contributed by atoms with E-state index in [2.05, 4.69) is 15.3 Å². The van der Waals surface area contributed by atoms with E-state index in [0.717, 1.165) is 10.7 Å². The molecule has 0 saturated heterocycles. The number of nitrogens with two attached hydrogens (primary N) is 1. The van der Waals surface area contributed by atoms with Gasteiger partial charge in [0, 0.05) is 17.1 Å². The molecule has 3 N–H and O–H groups in total. The van der Waals surface area contributed by atoms with Gasteiger partial charge in [0.1, 0.15) is 5.01 Å². The molecule has 0 spiro atoms. The van der Waals surface area contributed by atoms with Gasteiger partial charge in [0.2, 0.25) is 0 Å². The lowest BCUT2D eigenvalue weighted by atomic mass is 10.1. The molecule has 2 rings (SSSR count). The predicted molar refractivity (Wildman–Crippen MR) is 76.8 cm³/mol. The van der Waals surface area contributed by atoms with Crippen molar-refractivity contribution in [3.05, 3.63) is 16.1 Å². The van der Waals surface area contributed by atoms with Crippen LogP contribution in [0, 0.1) is 6.92 Å². The summed E-state index contributed by atoms with van der Waals surface area (Å²) in [4.78, 5) is 8.74. The zero-order chi connectivity index (χ0) is 12.8. The average Bonchev–Trinajstić information content (AvgIpc) is 2.60. The van der Waals surface area contributed by atoms with Crippen molar-refractivity contribution in [2.75, 3.05) is 0 Å². The molecule has 1 aromatic heterocycles. The predicted octanol–water partition coefficient (Wildman–Crippen LogP) is 2.58. The highest BCUT2D eigenvalue weighted by Gasteiger charge is 2.12. The molecule has 18 heavy (non-hydrogen) atoms. The third-order valence-electron chi connectivity index (χ3n) is 3.26. The molecular weight excluding hydrogens is 244 g/mol. The molecule has 1 saturated carbocycles. The molecule has 1 aliphatic carbocycles. The number of nitrogens with zero attached hydrogens (tertiary/aromatic N) is 2. The monoisotopic (exact) mass is 266 g/mol. The van der Waals surface area contributed by atoms with Crippen molar-refractivity contribution in [2.24, 2.45) is 10.7 Å². The maximum absolute atomic E-state index is 5.93. The highest BCUT2D eigenvalue weighted by Crippen LogP contribution is 2.17. The number of aromatic nitrogens is 1. The zero-order valence-corrected chi connectivity index (χ0v) is 11.8. The number of hydrogen-bond acceptors (Lipinski definition) is 3. The number of nitrogens with one attached hydrogen (secondary N) is 1. The molecule has 100 valence electrons. The van der Waals surface area contributed by atoms with Crippen molar-refractivity contribution in [2.45, 2.75) is 58.0 Å². The molecule has 4 nitrogen and oxygen atoms in total. The van der Waals surface area contributed by atoms with Gasteiger partial charge in [-0.05, 0) is 19.8 Å². The van der Waals surface area contributed by atoms with Gasteiger partial charge in [-0.25, -0.2) is 9.98 Å². The molecule has 1 aromatic rings. The highest BCUT2D eigenvalue weighted by molar-refractivity contribution is 7.09. The van der Waals surface area contributed by atoms with E-state index in [4.69, 9.17) is 5.73 Å². The van der Waals surface area contributed by atoms with Crippen LogP contribution < -0.4 is 11.1 Å². The fourth-order valence-corrected chi connectivity index (χ4v) is 3.00. The Bertz CT molecular complexity index is 391. The van der Waals surface area contributed by atoms with E-state index in [1.165, 1.54) is 38.5 Å². The van der Waals surface area contributed by atoms with Crippen molar-refractivity contribution < 1.29 is 0 Å². The Morgan fingerprint density at radius 3 is 2.78 bits per heavy atom. The van der Waals surface area contributed by atoms with E-state index in [1.807, 2.05) is 12.3 Å². The van der Waals surface area contributed by atoms with Crippen LogP contribution in [-0.4, -0.2) is 17.0 Å². The van der Waals surface area contributed by atoms with Gasteiger partial charge in [-0.15, -0.1) is 11.3 Å². The molecular formula is C13H22N4S. The molecule has 0 radical (unpaired) electrons. The molecule has 5 heteroatoms. The summed E-state index contributed by atoms with van der Waals surface area (Å²) >= 11 is 1.64. The van der Waals surface area contributed by atoms with Gasteiger partial charge >= 0.3 is 0 Å². The lowest BCUT2D eigenvalue weighted by molar-refractivity contribution is 0.530. The summed E-state index contributed by atoms with van der Waals surface area (Å²) in [5.41, 5.74) is 6.98. The van der Waals surface area contributed by atoms with E-state index in [1.54, 1.807) is 11.3 Å². The van der Waals surface area contributed by atoms with Crippen LogP contribution >= 0.6 is 11.3 Å². The van der Waals surface area contributed by atoms with Crippen LogP contribution in [0.4, 0.5) is 0 Å². The van der Waals surface area contributed by atoms with E-state index < -0.39 is 0 Å². The van der Waals surface area contributed by atoms with E-state index >= 15 is 0 Å². The Labute approximate surface area is 113 Å². The Morgan fingerprint density at radius 1 is 1.44 bits per heavy atom. The minimum atomic E-state index is 0.509.